The number of anilines is 2. The lowest BCUT2D eigenvalue weighted by molar-refractivity contribution is -0.462. The van der Waals surface area contributed by atoms with Gasteiger partial charge in [0.2, 0.25) is 0 Å². The molecule has 0 amide bonds. The molecule has 9 nitrogen and oxygen atoms in total. The molecular weight excluding hydrogens is 587 g/mol. The summed E-state index contributed by atoms with van der Waals surface area (Å²) in [7, 11) is -1.31. The van der Waals surface area contributed by atoms with Crippen molar-refractivity contribution in [1.29, 1.82) is 0 Å². The fraction of sp³-hybridized carbons (Fsp3) is 0.219. The van der Waals surface area contributed by atoms with Crippen LogP contribution in [-0.2, 0) is 26.8 Å². The highest BCUT2D eigenvalue weighted by molar-refractivity contribution is 7.86. The molecule has 0 saturated carbocycles. The fourth-order valence-corrected chi connectivity index (χ4v) is 6.14. The van der Waals surface area contributed by atoms with Crippen molar-refractivity contribution in [2.45, 2.75) is 23.3 Å². The molecule has 3 aromatic carbocycles. The van der Waals surface area contributed by atoms with Gasteiger partial charge in [-0.05, 0) is 77.7 Å². The predicted molar refractivity (Wildman–Crippen MR) is 171 cm³/mol. The summed E-state index contributed by atoms with van der Waals surface area (Å²) in [4.78, 5) is 3.34. The zero-order valence-electron chi connectivity index (χ0n) is 24.8. The first-order chi connectivity index (χ1) is 20.2. The van der Waals surface area contributed by atoms with E-state index < -0.39 is 20.2 Å². The Bertz CT molecular complexity index is 1850. The van der Waals surface area contributed by atoms with Gasteiger partial charge in [0.15, 0.2) is 5.71 Å². The number of nitrogens with zero attached hydrogens (tertiary/aromatic N) is 3. The van der Waals surface area contributed by atoms with Crippen LogP contribution in [0.4, 0.5) is 11.4 Å². The van der Waals surface area contributed by atoms with Crippen molar-refractivity contribution in [3.63, 3.8) is 0 Å². The monoisotopic (exact) mass is 622 g/mol. The summed E-state index contributed by atoms with van der Waals surface area (Å²) in [6.45, 7) is 2.57. The lowest BCUT2D eigenvalue weighted by Crippen LogP contribution is -2.22. The first-order valence-electron chi connectivity index (χ1n) is 13.5. The van der Waals surface area contributed by atoms with E-state index in [1.807, 2.05) is 98.1 Å². The van der Waals surface area contributed by atoms with Gasteiger partial charge >= 0.3 is 0 Å². The molecule has 1 aliphatic carbocycles. The van der Waals surface area contributed by atoms with Gasteiger partial charge in [0, 0.05) is 56.3 Å². The van der Waals surface area contributed by atoms with Crippen LogP contribution in [0.25, 0.3) is 5.57 Å². The lowest BCUT2D eigenvalue weighted by Gasteiger charge is -2.25. The second kappa shape index (κ2) is 12.7. The summed E-state index contributed by atoms with van der Waals surface area (Å²) < 4.78 is 71.0. The lowest BCUT2D eigenvalue weighted by atomic mass is 9.90. The highest BCUT2D eigenvalue weighted by Gasteiger charge is 2.24. The summed E-state index contributed by atoms with van der Waals surface area (Å²) >= 11 is 0. The Morgan fingerprint density at radius 3 is 1.95 bits per heavy atom. The third kappa shape index (κ3) is 7.49. The topological polar surface area (TPSA) is 118 Å². The molecule has 0 aliphatic heterocycles. The van der Waals surface area contributed by atoms with Gasteiger partial charge in [-0.25, -0.2) is 4.58 Å². The molecule has 0 spiro atoms. The van der Waals surface area contributed by atoms with Gasteiger partial charge in [-0.2, -0.15) is 16.8 Å². The minimum Gasteiger partial charge on any atom is -0.378 e. The summed E-state index contributed by atoms with van der Waals surface area (Å²) in [5.74, 6) is 0. The zero-order chi connectivity index (χ0) is 31.5. The van der Waals surface area contributed by atoms with E-state index in [9.17, 15) is 25.9 Å². The Balaban J connectivity index is 1.88. The Hall–Kier alpha value is -4.03. The maximum atomic E-state index is 12.9. The Morgan fingerprint density at radius 2 is 1.42 bits per heavy atom. The zero-order valence-corrected chi connectivity index (χ0v) is 26.4. The van der Waals surface area contributed by atoms with Crippen LogP contribution in [0.3, 0.4) is 0 Å². The molecule has 2 N–H and O–H groups in total. The molecule has 0 bridgehead atoms. The Kier molecular flexibility index (Phi) is 9.41. The third-order valence-corrected chi connectivity index (χ3v) is 8.92. The molecule has 11 heteroatoms. The minimum atomic E-state index is -4.68. The molecule has 0 aromatic heterocycles. The van der Waals surface area contributed by atoms with Gasteiger partial charge in [0.25, 0.3) is 20.2 Å². The molecule has 43 heavy (non-hydrogen) atoms. The van der Waals surface area contributed by atoms with E-state index in [0.29, 0.717) is 28.9 Å². The molecule has 0 atom stereocenters. The number of rotatable bonds is 9. The van der Waals surface area contributed by atoms with Crippen molar-refractivity contribution in [2.75, 3.05) is 44.5 Å². The van der Waals surface area contributed by atoms with Crippen molar-refractivity contribution < 1.29 is 30.5 Å². The van der Waals surface area contributed by atoms with E-state index in [-0.39, 0.29) is 16.3 Å². The molecular formula is C32H36N3O6S2+. The van der Waals surface area contributed by atoms with E-state index in [1.54, 1.807) is 18.2 Å². The van der Waals surface area contributed by atoms with E-state index in [0.717, 1.165) is 22.5 Å². The average Bonchev–Trinajstić information content (AvgIpc) is 2.96. The second-order valence-electron chi connectivity index (χ2n) is 10.5. The smallest absolute Gasteiger partial charge is 0.295 e. The number of allylic oxidation sites excluding steroid dienone is 5. The van der Waals surface area contributed by atoms with Gasteiger partial charge < -0.3 is 9.80 Å². The van der Waals surface area contributed by atoms with Gasteiger partial charge in [-0.15, -0.1) is 0 Å². The number of benzene rings is 3. The van der Waals surface area contributed by atoms with Crippen molar-refractivity contribution in [3.05, 3.63) is 113 Å². The van der Waals surface area contributed by atoms with Crippen LogP contribution in [0.5, 0.6) is 0 Å². The number of hydrogen-bond acceptors (Lipinski definition) is 6. The van der Waals surface area contributed by atoms with Crippen LogP contribution >= 0.6 is 0 Å². The highest BCUT2D eigenvalue weighted by atomic mass is 32.2. The van der Waals surface area contributed by atoms with Gasteiger partial charge in [-0.3, -0.25) is 9.11 Å². The fourth-order valence-electron chi connectivity index (χ4n) is 4.87. The van der Waals surface area contributed by atoms with Crippen LogP contribution in [0.1, 0.15) is 23.6 Å². The molecule has 0 heterocycles. The van der Waals surface area contributed by atoms with Crippen molar-refractivity contribution >= 4 is 42.9 Å². The van der Waals surface area contributed by atoms with Crippen molar-refractivity contribution in [1.82, 2.24) is 0 Å². The van der Waals surface area contributed by atoms with E-state index in [1.165, 1.54) is 24.3 Å². The minimum absolute atomic E-state index is 0.227. The largest absolute Gasteiger partial charge is 0.378 e. The normalized spacial score (nSPS) is 13.3. The quantitative estimate of drug-likeness (QED) is 0.255. The standard InChI is InChI=1S/C32H35N3O6S2/c1-6-35(22-23-8-7-9-29(20-23)42(36,37)38)28-18-19-30(31(21-28)43(39,40)41)32(24-10-14-26(15-11-24)33(2)3)25-12-16-27(17-13-25)34(4)5/h7-21H,6,22H2,1-5H3,(H-,36,37,38,39,40,41)/p+1. The Labute approximate surface area is 253 Å². The van der Waals surface area contributed by atoms with E-state index >= 15 is 0 Å². The predicted octanol–water partition coefficient (Wildman–Crippen LogP) is 4.91. The SMILES string of the molecule is CCN(Cc1cccc(S(=O)(=O)O)c1)c1ccc(C(=C2C=CC(=[N+](C)C)C=C2)c2ccc(N(C)C)cc2)c(S(=O)(=O)O)c1. The van der Waals surface area contributed by atoms with Crippen molar-refractivity contribution in [3.8, 4) is 0 Å². The first kappa shape index (κ1) is 31.9. The van der Waals surface area contributed by atoms with Gasteiger partial charge in [-0.1, -0.05) is 30.3 Å². The van der Waals surface area contributed by atoms with Gasteiger partial charge in [0.1, 0.15) is 19.0 Å². The highest BCUT2D eigenvalue weighted by Crippen LogP contribution is 2.36. The maximum Gasteiger partial charge on any atom is 0.295 e. The third-order valence-electron chi connectivity index (χ3n) is 7.17. The molecule has 4 rings (SSSR count). The second-order valence-corrected chi connectivity index (χ2v) is 13.4. The Morgan fingerprint density at radius 1 is 0.791 bits per heavy atom. The summed E-state index contributed by atoms with van der Waals surface area (Å²) in [6.07, 6.45) is 7.74. The number of hydrogen-bond donors (Lipinski definition) is 2. The van der Waals surface area contributed by atoms with Crippen LogP contribution in [0.15, 0.2) is 106 Å². The first-order valence-corrected chi connectivity index (χ1v) is 16.4. The van der Waals surface area contributed by atoms with Crippen LogP contribution in [-0.4, -0.2) is 71.0 Å². The molecule has 0 saturated heterocycles. The maximum absolute atomic E-state index is 12.9. The van der Waals surface area contributed by atoms with Crippen molar-refractivity contribution in [2.24, 2.45) is 0 Å². The molecule has 0 radical (unpaired) electrons. The van der Waals surface area contributed by atoms with Crippen LogP contribution in [0.2, 0.25) is 0 Å². The van der Waals surface area contributed by atoms with Crippen LogP contribution in [0, 0.1) is 0 Å². The average molecular weight is 623 g/mol. The summed E-state index contributed by atoms with van der Waals surface area (Å²) in [5.41, 5.74) is 5.60. The summed E-state index contributed by atoms with van der Waals surface area (Å²) in [6, 6.07) is 18.6. The molecule has 1 aliphatic rings. The molecule has 226 valence electrons. The summed E-state index contributed by atoms with van der Waals surface area (Å²) in [5, 5.41) is 0. The van der Waals surface area contributed by atoms with E-state index in [2.05, 4.69) is 0 Å². The van der Waals surface area contributed by atoms with Crippen LogP contribution < -0.4 is 9.80 Å². The van der Waals surface area contributed by atoms with Gasteiger partial charge in [0.05, 0.1) is 4.90 Å². The van der Waals surface area contributed by atoms with E-state index in [4.69, 9.17) is 0 Å². The molecule has 0 fully saturated rings. The molecule has 0 unspecified atom stereocenters. The molecule has 3 aromatic rings.